The average molecular weight is 414 g/mol. The van der Waals surface area contributed by atoms with E-state index >= 15 is 0 Å². The standard InChI is InChI=1S/C18H20ClNO6S/c1-25-14-7-10-17(26-2)16(12-14)20(11-3-4-18(21)22)27(23,24)15-8-5-13(19)6-9-15/h5-10,12H,3-4,11H2,1-2H3,(H,21,22). The average Bonchev–Trinajstić information content (AvgIpc) is 2.64. The highest BCUT2D eigenvalue weighted by Crippen LogP contribution is 2.36. The first-order chi connectivity index (χ1) is 12.8. The second-order valence-corrected chi connectivity index (χ2v) is 7.86. The first kappa shape index (κ1) is 20.9. The maximum absolute atomic E-state index is 13.2. The Hall–Kier alpha value is -2.45. The van der Waals surface area contributed by atoms with Crippen molar-refractivity contribution < 1.29 is 27.8 Å². The van der Waals surface area contributed by atoms with Gasteiger partial charge in [-0.05, 0) is 42.8 Å². The Bertz CT molecular complexity index is 899. The third-order valence-electron chi connectivity index (χ3n) is 3.81. The maximum Gasteiger partial charge on any atom is 0.303 e. The summed E-state index contributed by atoms with van der Waals surface area (Å²) in [5, 5.41) is 9.31. The molecule has 0 bridgehead atoms. The van der Waals surface area contributed by atoms with Crippen LogP contribution in [0.15, 0.2) is 47.4 Å². The number of methoxy groups -OCH3 is 2. The van der Waals surface area contributed by atoms with Gasteiger partial charge in [0.15, 0.2) is 0 Å². The van der Waals surface area contributed by atoms with Gasteiger partial charge in [0.1, 0.15) is 11.5 Å². The van der Waals surface area contributed by atoms with Crippen molar-refractivity contribution in [2.45, 2.75) is 17.7 Å². The zero-order valence-electron chi connectivity index (χ0n) is 14.9. The highest BCUT2D eigenvalue weighted by Gasteiger charge is 2.27. The van der Waals surface area contributed by atoms with E-state index in [9.17, 15) is 13.2 Å². The Morgan fingerprint density at radius 2 is 1.78 bits per heavy atom. The summed E-state index contributed by atoms with van der Waals surface area (Å²) in [6.07, 6.45) is -0.0402. The van der Waals surface area contributed by atoms with Crippen LogP contribution in [-0.2, 0) is 14.8 Å². The predicted molar refractivity (Wildman–Crippen MR) is 102 cm³/mol. The van der Waals surface area contributed by atoms with Crippen LogP contribution in [0.2, 0.25) is 5.02 Å². The molecule has 0 saturated heterocycles. The van der Waals surface area contributed by atoms with Crippen LogP contribution in [-0.4, -0.2) is 40.3 Å². The molecule has 0 saturated carbocycles. The van der Waals surface area contributed by atoms with Crippen LogP contribution in [0.1, 0.15) is 12.8 Å². The van der Waals surface area contributed by atoms with Crippen LogP contribution in [0, 0.1) is 0 Å². The van der Waals surface area contributed by atoms with Gasteiger partial charge in [-0.25, -0.2) is 8.42 Å². The number of aliphatic carboxylic acids is 1. The zero-order valence-corrected chi connectivity index (χ0v) is 16.5. The van der Waals surface area contributed by atoms with E-state index in [0.717, 1.165) is 4.31 Å². The molecule has 9 heteroatoms. The summed E-state index contributed by atoms with van der Waals surface area (Å²) in [7, 11) is -1.09. The van der Waals surface area contributed by atoms with E-state index in [4.69, 9.17) is 26.2 Å². The monoisotopic (exact) mass is 413 g/mol. The van der Waals surface area contributed by atoms with Crippen molar-refractivity contribution in [3.8, 4) is 11.5 Å². The molecule has 0 heterocycles. The second-order valence-electron chi connectivity index (χ2n) is 5.57. The fourth-order valence-corrected chi connectivity index (χ4v) is 4.10. The number of benzene rings is 2. The highest BCUT2D eigenvalue weighted by molar-refractivity contribution is 7.92. The number of carboxylic acid groups (broad SMARTS) is 1. The number of anilines is 1. The molecule has 146 valence electrons. The fraction of sp³-hybridized carbons (Fsp3) is 0.278. The minimum Gasteiger partial charge on any atom is -0.497 e. The van der Waals surface area contributed by atoms with Gasteiger partial charge in [0.2, 0.25) is 0 Å². The molecular formula is C18H20ClNO6S. The summed E-state index contributed by atoms with van der Waals surface area (Å²) in [5.74, 6) is -0.236. The van der Waals surface area contributed by atoms with Crippen molar-refractivity contribution in [1.29, 1.82) is 0 Å². The smallest absolute Gasteiger partial charge is 0.303 e. The first-order valence-electron chi connectivity index (χ1n) is 8.01. The minimum absolute atomic E-state index is 0.0343. The van der Waals surface area contributed by atoms with E-state index < -0.39 is 16.0 Å². The van der Waals surface area contributed by atoms with E-state index in [1.165, 1.54) is 44.6 Å². The van der Waals surface area contributed by atoms with Gasteiger partial charge in [-0.3, -0.25) is 9.10 Å². The summed E-state index contributed by atoms with van der Waals surface area (Å²) in [5.41, 5.74) is 0.261. The lowest BCUT2D eigenvalue weighted by Gasteiger charge is -2.26. The molecule has 2 aromatic carbocycles. The van der Waals surface area contributed by atoms with Crippen molar-refractivity contribution >= 4 is 33.3 Å². The zero-order chi connectivity index (χ0) is 20.0. The fourth-order valence-electron chi connectivity index (χ4n) is 2.47. The molecule has 0 unspecified atom stereocenters. The molecule has 0 aromatic heterocycles. The summed E-state index contributed by atoms with van der Waals surface area (Å²) in [6.45, 7) is -0.0409. The molecule has 0 aliphatic rings. The molecule has 0 aliphatic carbocycles. The highest BCUT2D eigenvalue weighted by atomic mass is 35.5. The molecule has 2 aromatic rings. The number of rotatable bonds is 9. The lowest BCUT2D eigenvalue weighted by Crippen LogP contribution is -2.32. The SMILES string of the molecule is COc1ccc(OC)c(N(CCCC(=O)O)S(=O)(=O)c2ccc(Cl)cc2)c1. The van der Waals surface area contributed by atoms with E-state index in [0.29, 0.717) is 16.5 Å². The molecular weight excluding hydrogens is 394 g/mol. The van der Waals surface area contributed by atoms with Crippen molar-refractivity contribution in [3.05, 3.63) is 47.5 Å². The molecule has 0 fully saturated rings. The number of halogens is 1. The Morgan fingerprint density at radius 1 is 1.11 bits per heavy atom. The quantitative estimate of drug-likeness (QED) is 0.677. The number of carbonyl (C=O) groups is 1. The molecule has 0 radical (unpaired) electrons. The van der Waals surface area contributed by atoms with Crippen molar-refractivity contribution in [2.24, 2.45) is 0 Å². The molecule has 7 nitrogen and oxygen atoms in total. The first-order valence-corrected chi connectivity index (χ1v) is 9.83. The van der Waals surface area contributed by atoms with E-state index in [1.807, 2.05) is 0 Å². The number of ether oxygens (including phenoxy) is 2. The molecule has 0 spiro atoms. The van der Waals surface area contributed by atoms with Gasteiger partial charge in [0, 0.05) is 24.1 Å². The number of nitrogens with zero attached hydrogens (tertiary/aromatic N) is 1. The lowest BCUT2D eigenvalue weighted by atomic mass is 10.2. The van der Waals surface area contributed by atoms with Crippen LogP contribution in [0.3, 0.4) is 0 Å². The third kappa shape index (κ3) is 5.05. The number of sulfonamides is 1. The van der Waals surface area contributed by atoms with Gasteiger partial charge in [0.25, 0.3) is 10.0 Å². The van der Waals surface area contributed by atoms with Crippen molar-refractivity contribution in [1.82, 2.24) is 0 Å². The molecule has 0 amide bonds. The summed E-state index contributed by atoms with van der Waals surface area (Å²) < 4.78 is 38.1. The maximum atomic E-state index is 13.2. The van der Waals surface area contributed by atoms with Crippen LogP contribution >= 0.6 is 11.6 Å². The molecule has 2 rings (SSSR count). The largest absolute Gasteiger partial charge is 0.497 e. The molecule has 0 aliphatic heterocycles. The molecule has 27 heavy (non-hydrogen) atoms. The summed E-state index contributed by atoms with van der Waals surface area (Å²) in [4.78, 5) is 10.9. The summed E-state index contributed by atoms with van der Waals surface area (Å²) in [6, 6.07) is 10.5. The van der Waals surface area contributed by atoms with Crippen molar-refractivity contribution in [3.63, 3.8) is 0 Å². The topological polar surface area (TPSA) is 93.1 Å². The van der Waals surface area contributed by atoms with Gasteiger partial charge in [-0.2, -0.15) is 0 Å². The van der Waals surface area contributed by atoms with Gasteiger partial charge in [-0.1, -0.05) is 11.6 Å². The van der Waals surface area contributed by atoms with E-state index in [2.05, 4.69) is 0 Å². The van der Waals surface area contributed by atoms with Gasteiger partial charge in [-0.15, -0.1) is 0 Å². The van der Waals surface area contributed by atoms with E-state index in [-0.39, 0.29) is 30.0 Å². The van der Waals surface area contributed by atoms with Crippen molar-refractivity contribution in [2.75, 3.05) is 25.1 Å². The summed E-state index contributed by atoms with van der Waals surface area (Å²) >= 11 is 5.85. The predicted octanol–water partition coefficient (Wildman–Crippen LogP) is 3.42. The molecule has 0 atom stereocenters. The Labute approximate surface area is 163 Å². The second kappa shape index (κ2) is 8.96. The van der Waals surface area contributed by atoms with Crippen LogP contribution in [0.4, 0.5) is 5.69 Å². The van der Waals surface area contributed by atoms with Gasteiger partial charge in [0.05, 0.1) is 24.8 Å². The minimum atomic E-state index is -3.98. The number of hydrogen-bond acceptors (Lipinski definition) is 5. The number of carboxylic acids is 1. The van der Waals surface area contributed by atoms with Crippen LogP contribution < -0.4 is 13.8 Å². The lowest BCUT2D eigenvalue weighted by molar-refractivity contribution is -0.137. The van der Waals surface area contributed by atoms with Crippen LogP contribution in [0.25, 0.3) is 0 Å². The van der Waals surface area contributed by atoms with Gasteiger partial charge >= 0.3 is 5.97 Å². The van der Waals surface area contributed by atoms with Gasteiger partial charge < -0.3 is 14.6 Å². The van der Waals surface area contributed by atoms with E-state index in [1.54, 1.807) is 12.1 Å². The molecule has 1 N–H and O–H groups in total. The third-order valence-corrected chi connectivity index (χ3v) is 5.89. The van der Waals surface area contributed by atoms with Crippen LogP contribution in [0.5, 0.6) is 11.5 Å². The number of hydrogen-bond donors (Lipinski definition) is 1. The Kier molecular flexibility index (Phi) is 6.92. The normalized spacial score (nSPS) is 11.1. The Balaban J connectivity index is 2.54. The Morgan fingerprint density at radius 3 is 2.33 bits per heavy atom.